The van der Waals surface area contributed by atoms with E-state index < -0.39 is 0 Å². The molecular weight excluding hydrogens is 280 g/mol. The molecule has 0 fully saturated rings. The molecule has 1 heteroatoms. The van der Waals surface area contributed by atoms with Crippen LogP contribution in [0, 0.1) is 5.92 Å². The monoisotopic (exact) mass is 310 g/mol. The van der Waals surface area contributed by atoms with Crippen LogP contribution in [-0.2, 0) is 6.42 Å². The molecule has 2 aromatic rings. The van der Waals surface area contributed by atoms with Gasteiger partial charge in [0.2, 0.25) is 0 Å². The standard InChI is InChI=1S/C22H30O/c1-3-5-7-11-19(10-4-2)18-20-14-16-22(17-15-20)23-21-12-8-6-9-13-21/h6,8-9,12-17,19H,3-5,7,10-11,18H2,1-2H3. The Bertz CT molecular complexity index is 530. The molecule has 1 unspecified atom stereocenters. The van der Waals surface area contributed by atoms with E-state index >= 15 is 0 Å². The van der Waals surface area contributed by atoms with Crippen molar-refractivity contribution in [2.45, 2.75) is 58.8 Å². The maximum atomic E-state index is 5.87. The van der Waals surface area contributed by atoms with E-state index in [0.29, 0.717) is 0 Å². The predicted molar refractivity (Wildman–Crippen MR) is 99.2 cm³/mol. The van der Waals surface area contributed by atoms with E-state index in [9.17, 15) is 0 Å². The SMILES string of the molecule is CCCCCC(CCC)Cc1ccc(Oc2ccccc2)cc1. The molecule has 0 heterocycles. The number of hydrogen-bond acceptors (Lipinski definition) is 1. The van der Waals surface area contributed by atoms with E-state index in [2.05, 4.69) is 38.1 Å². The Balaban J connectivity index is 1.89. The highest BCUT2D eigenvalue weighted by atomic mass is 16.5. The first kappa shape index (κ1) is 17.6. The van der Waals surface area contributed by atoms with E-state index in [0.717, 1.165) is 17.4 Å². The van der Waals surface area contributed by atoms with Crippen LogP contribution >= 0.6 is 0 Å². The maximum absolute atomic E-state index is 5.87. The Morgan fingerprint density at radius 3 is 2.09 bits per heavy atom. The zero-order valence-corrected chi connectivity index (χ0v) is 14.6. The first-order valence-electron chi connectivity index (χ1n) is 9.13. The molecule has 0 amide bonds. The van der Waals surface area contributed by atoms with Gasteiger partial charge in [0.25, 0.3) is 0 Å². The van der Waals surface area contributed by atoms with E-state index in [4.69, 9.17) is 4.74 Å². The fourth-order valence-electron chi connectivity index (χ4n) is 3.09. The molecule has 23 heavy (non-hydrogen) atoms. The minimum Gasteiger partial charge on any atom is -0.457 e. The molecule has 0 aromatic heterocycles. The predicted octanol–water partition coefficient (Wildman–Crippen LogP) is 7.02. The lowest BCUT2D eigenvalue weighted by atomic mass is 9.90. The van der Waals surface area contributed by atoms with Crippen LogP contribution in [0.2, 0.25) is 0 Å². The normalized spacial score (nSPS) is 12.1. The molecule has 124 valence electrons. The lowest BCUT2D eigenvalue weighted by molar-refractivity contribution is 0.421. The Morgan fingerprint density at radius 1 is 0.739 bits per heavy atom. The van der Waals surface area contributed by atoms with Crippen molar-refractivity contribution < 1.29 is 4.74 Å². The van der Waals surface area contributed by atoms with Crippen molar-refractivity contribution >= 4 is 0 Å². The van der Waals surface area contributed by atoms with Gasteiger partial charge in [0.15, 0.2) is 0 Å². The highest BCUT2D eigenvalue weighted by Crippen LogP contribution is 2.24. The van der Waals surface area contributed by atoms with E-state index in [1.807, 2.05) is 30.3 Å². The Morgan fingerprint density at radius 2 is 1.43 bits per heavy atom. The molecule has 0 saturated carbocycles. The van der Waals surface area contributed by atoms with Gasteiger partial charge in [0, 0.05) is 0 Å². The number of unbranched alkanes of at least 4 members (excludes halogenated alkanes) is 2. The number of hydrogen-bond donors (Lipinski definition) is 0. The van der Waals surface area contributed by atoms with E-state index in [1.54, 1.807) is 0 Å². The summed E-state index contributed by atoms with van der Waals surface area (Å²) in [6.07, 6.45) is 9.23. The van der Waals surface area contributed by atoms with Gasteiger partial charge in [-0.2, -0.15) is 0 Å². The molecule has 0 spiro atoms. The Kier molecular flexibility index (Phi) is 7.72. The summed E-state index contributed by atoms with van der Waals surface area (Å²) in [7, 11) is 0. The number of para-hydroxylation sites is 1. The van der Waals surface area contributed by atoms with Gasteiger partial charge in [0.1, 0.15) is 11.5 Å². The molecule has 1 atom stereocenters. The van der Waals surface area contributed by atoms with Crippen molar-refractivity contribution in [1.29, 1.82) is 0 Å². The average Bonchev–Trinajstić information content (AvgIpc) is 2.58. The fourth-order valence-corrected chi connectivity index (χ4v) is 3.09. The molecule has 0 aliphatic carbocycles. The van der Waals surface area contributed by atoms with Gasteiger partial charge in [-0.05, 0) is 42.2 Å². The Labute approximate surface area is 141 Å². The van der Waals surface area contributed by atoms with Crippen molar-refractivity contribution in [2.24, 2.45) is 5.92 Å². The van der Waals surface area contributed by atoms with Gasteiger partial charge in [-0.25, -0.2) is 0 Å². The number of ether oxygens (including phenoxy) is 1. The third kappa shape index (κ3) is 6.48. The minimum atomic E-state index is 0.826. The number of rotatable bonds is 10. The minimum absolute atomic E-state index is 0.826. The van der Waals surface area contributed by atoms with Crippen LogP contribution < -0.4 is 4.74 Å². The van der Waals surface area contributed by atoms with Crippen molar-refractivity contribution in [3.8, 4) is 11.5 Å². The average molecular weight is 310 g/mol. The quantitative estimate of drug-likeness (QED) is 0.428. The third-order valence-electron chi connectivity index (χ3n) is 4.34. The molecule has 2 rings (SSSR count). The van der Waals surface area contributed by atoms with Crippen LogP contribution in [0.25, 0.3) is 0 Å². The van der Waals surface area contributed by atoms with Crippen molar-refractivity contribution in [3.63, 3.8) is 0 Å². The first-order chi connectivity index (χ1) is 11.3. The van der Waals surface area contributed by atoms with Gasteiger partial charge in [0.05, 0.1) is 0 Å². The van der Waals surface area contributed by atoms with Crippen LogP contribution in [0.15, 0.2) is 54.6 Å². The van der Waals surface area contributed by atoms with Gasteiger partial charge in [-0.1, -0.05) is 82.7 Å². The first-order valence-corrected chi connectivity index (χ1v) is 9.13. The molecule has 0 aliphatic rings. The van der Waals surface area contributed by atoms with Crippen molar-refractivity contribution in [2.75, 3.05) is 0 Å². The van der Waals surface area contributed by atoms with Gasteiger partial charge >= 0.3 is 0 Å². The summed E-state index contributed by atoms with van der Waals surface area (Å²) >= 11 is 0. The van der Waals surface area contributed by atoms with Crippen LogP contribution in [0.5, 0.6) is 11.5 Å². The van der Waals surface area contributed by atoms with E-state index in [1.165, 1.54) is 50.5 Å². The molecule has 0 N–H and O–H groups in total. The van der Waals surface area contributed by atoms with Crippen molar-refractivity contribution in [3.05, 3.63) is 60.2 Å². The second kappa shape index (κ2) is 10.1. The molecule has 0 bridgehead atoms. The van der Waals surface area contributed by atoms with Crippen LogP contribution in [0.4, 0.5) is 0 Å². The van der Waals surface area contributed by atoms with Gasteiger partial charge < -0.3 is 4.74 Å². The summed E-state index contributed by atoms with van der Waals surface area (Å²) in [4.78, 5) is 0. The third-order valence-corrected chi connectivity index (χ3v) is 4.34. The van der Waals surface area contributed by atoms with Crippen molar-refractivity contribution in [1.82, 2.24) is 0 Å². The smallest absolute Gasteiger partial charge is 0.127 e. The summed E-state index contributed by atoms with van der Waals surface area (Å²) in [5, 5.41) is 0. The summed E-state index contributed by atoms with van der Waals surface area (Å²) < 4.78 is 5.87. The maximum Gasteiger partial charge on any atom is 0.127 e. The number of benzene rings is 2. The molecule has 0 radical (unpaired) electrons. The topological polar surface area (TPSA) is 9.23 Å². The highest BCUT2D eigenvalue weighted by Gasteiger charge is 2.09. The van der Waals surface area contributed by atoms with Crippen LogP contribution in [0.1, 0.15) is 57.9 Å². The Hall–Kier alpha value is -1.76. The zero-order chi connectivity index (χ0) is 16.3. The molecule has 1 nitrogen and oxygen atoms in total. The summed E-state index contributed by atoms with van der Waals surface area (Å²) in [6.45, 7) is 4.57. The lowest BCUT2D eigenvalue weighted by Crippen LogP contribution is -2.04. The zero-order valence-electron chi connectivity index (χ0n) is 14.6. The molecule has 2 aromatic carbocycles. The van der Waals surface area contributed by atoms with Crippen LogP contribution in [0.3, 0.4) is 0 Å². The second-order valence-electron chi connectivity index (χ2n) is 6.41. The van der Waals surface area contributed by atoms with Gasteiger partial charge in [-0.3, -0.25) is 0 Å². The summed E-state index contributed by atoms with van der Waals surface area (Å²) in [6, 6.07) is 18.6. The highest BCUT2D eigenvalue weighted by molar-refractivity contribution is 5.33. The molecular formula is C22H30O. The molecule has 0 aliphatic heterocycles. The lowest BCUT2D eigenvalue weighted by Gasteiger charge is -2.16. The fraction of sp³-hybridized carbons (Fsp3) is 0.455. The summed E-state index contributed by atoms with van der Waals surface area (Å²) in [5.74, 6) is 2.63. The van der Waals surface area contributed by atoms with Crippen LogP contribution in [-0.4, -0.2) is 0 Å². The van der Waals surface area contributed by atoms with E-state index in [-0.39, 0.29) is 0 Å². The second-order valence-corrected chi connectivity index (χ2v) is 6.41. The summed E-state index contributed by atoms with van der Waals surface area (Å²) in [5.41, 5.74) is 1.43. The van der Waals surface area contributed by atoms with Gasteiger partial charge in [-0.15, -0.1) is 0 Å². The largest absolute Gasteiger partial charge is 0.457 e. The molecule has 0 saturated heterocycles.